The molecular weight excluding hydrogens is 290 g/mol. The van der Waals surface area contributed by atoms with Gasteiger partial charge in [-0.1, -0.05) is 55.5 Å². The molecule has 0 aliphatic carbocycles. The Morgan fingerprint density at radius 1 is 0.957 bits per heavy atom. The van der Waals surface area contributed by atoms with Gasteiger partial charge in [-0.2, -0.15) is 0 Å². The van der Waals surface area contributed by atoms with E-state index in [9.17, 15) is 9.59 Å². The molecule has 0 bridgehead atoms. The van der Waals surface area contributed by atoms with Gasteiger partial charge in [0.25, 0.3) is 5.91 Å². The highest BCUT2D eigenvalue weighted by Crippen LogP contribution is 2.19. The van der Waals surface area contributed by atoms with Crippen molar-refractivity contribution in [3.63, 3.8) is 0 Å². The molecule has 0 fully saturated rings. The predicted octanol–water partition coefficient (Wildman–Crippen LogP) is 3.75. The molecule has 0 saturated carbocycles. The van der Waals surface area contributed by atoms with E-state index in [0.717, 1.165) is 5.56 Å². The maximum absolute atomic E-state index is 12.0. The number of para-hydroxylation sites is 1. The van der Waals surface area contributed by atoms with Crippen LogP contribution in [0.25, 0.3) is 0 Å². The van der Waals surface area contributed by atoms with Crippen LogP contribution in [0.4, 0.5) is 5.69 Å². The standard InChI is InChI=1S/C19H21NO3/c1-14(16-9-5-3-6-10-16)13-18(21)23-15(2)19(22)20-17-11-7-4-8-12-17/h3-12,14-15H,13H2,1-2H3,(H,20,22). The lowest BCUT2D eigenvalue weighted by Gasteiger charge is -2.16. The van der Waals surface area contributed by atoms with E-state index in [0.29, 0.717) is 5.69 Å². The predicted molar refractivity (Wildman–Crippen MR) is 90.1 cm³/mol. The van der Waals surface area contributed by atoms with Crippen molar-refractivity contribution in [2.75, 3.05) is 5.32 Å². The minimum absolute atomic E-state index is 0.0492. The lowest BCUT2D eigenvalue weighted by Crippen LogP contribution is -2.30. The third-order valence-corrected chi connectivity index (χ3v) is 3.56. The Balaban J connectivity index is 1.83. The maximum Gasteiger partial charge on any atom is 0.307 e. The average Bonchev–Trinajstić information content (AvgIpc) is 2.56. The summed E-state index contributed by atoms with van der Waals surface area (Å²) >= 11 is 0. The number of esters is 1. The number of benzene rings is 2. The SMILES string of the molecule is CC(OC(=O)CC(C)c1ccccc1)C(=O)Nc1ccccc1. The van der Waals surface area contributed by atoms with Gasteiger partial charge in [-0.3, -0.25) is 9.59 Å². The van der Waals surface area contributed by atoms with Gasteiger partial charge >= 0.3 is 5.97 Å². The highest BCUT2D eigenvalue weighted by molar-refractivity contribution is 5.95. The monoisotopic (exact) mass is 311 g/mol. The summed E-state index contributed by atoms with van der Waals surface area (Å²) in [6, 6.07) is 18.8. The van der Waals surface area contributed by atoms with E-state index in [1.807, 2.05) is 55.5 Å². The highest BCUT2D eigenvalue weighted by Gasteiger charge is 2.19. The van der Waals surface area contributed by atoms with Gasteiger partial charge in [0.05, 0.1) is 6.42 Å². The topological polar surface area (TPSA) is 55.4 Å². The molecule has 4 nitrogen and oxygen atoms in total. The van der Waals surface area contributed by atoms with Crippen molar-refractivity contribution >= 4 is 17.6 Å². The summed E-state index contributed by atoms with van der Waals surface area (Å²) in [7, 11) is 0. The van der Waals surface area contributed by atoms with Crippen molar-refractivity contribution in [3.05, 3.63) is 66.2 Å². The number of hydrogen-bond acceptors (Lipinski definition) is 3. The first-order chi connectivity index (χ1) is 11.1. The summed E-state index contributed by atoms with van der Waals surface area (Å²) in [4.78, 5) is 24.0. The summed E-state index contributed by atoms with van der Waals surface area (Å²) in [6.07, 6.45) is -0.585. The molecule has 1 amide bonds. The van der Waals surface area contributed by atoms with Gasteiger partial charge in [0.2, 0.25) is 0 Å². The van der Waals surface area contributed by atoms with Crippen LogP contribution in [-0.4, -0.2) is 18.0 Å². The Hall–Kier alpha value is -2.62. The molecule has 0 heterocycles. The summed E-state index contributed by atoms with van der Waals surface area (Å²) < 4.78 is 5.23. The zero-order chi connectivity index (χ0) is 16.7. The minimum Gasteiger partial charge on any atom is -0.453 e. The fraction of sp³-hybridized carbons (Fsp3) is 0.263. The second-order valence-corrected chi connectivity index (χ2v) is 5.50. The van der Waals surface area contributed by atoms with Gasteiger partial charge in [-0.05, 0) is 30.5 Å². The number of hydrogen-bond donors (Lipinski definition) is 1. The summed E-state index contributed by atoms with van der Waals surface area (Å²) in [6.45, 7) is 3.54. The molecule has 0 aliphatic heterocycles. The second-order valence-electron chi connectivity index (χ2n) is 5.50. The van der Waals surface area contributed by atoms with Crippen molar-refractivity contribution in [2.45, 2.75) is 32.3 Å². The number of carbonyl (C=O) groups is 2. The fourth-order valence-electron chi connectivity index (χ4n) is 2.21. The van der Waals surface area contributed by atoms with Crippen molar-refractivity contribution in [1.82, 2.24) is 0 Å². The molecule has 2 atom stereocenters. The first kappa shape index (κ1) is 16.7. The first-order valence-corrected chi connectivity index (χ1v) is 7.66. The quantitative estimate of drug-likeness (QED) is 0.827. The minimum atomic E-state index is -0.828. The van der Waals surface area contributed by atoms with Crippen LogP contribution in [0.15, 0.2) is 60.7 Å². The van der Waals surface area contributed by atoms with Crippen LogP contribution in [0.5, 0.6) is 0 Å². The van der Waals surface area contributed by atoms with Crippen molar-refractivity contribution in [3.8, 4) is 0 Å². The van der Waals surface area contributed by atoms with E-state index in [1.165, 1.54) is 0 Å². The number of amides is 1. The van der Waals surface area contributed by atoms with Gasteiger partial charge in [0.15, 0.2) is 6.10 Å². The van der Waals surface area contributed by atoms with E-state index in [4.69, 9.17) is 4.74 Å². The van der Waals surface area contributed by atoms with Crippen LogP contribution < -0.4 is 5.32 Å². The van der Waals surface area contributed by atoms with Crippen LogP contribution in [0.2, 0.25) is 0 Å². The molecule has 0 aromatic heterocycles. The summed E-state index contributed by atoms with van der Waals surface area (Å²) in [5.41, 5.74) is 1.75. The van der Waals surface area contributed by atoms with E-state index in [2.05, 4.69) is 5.32 Å². The van der Waals surface area contributed by atoms with Crippen LogP contribution in [0, 0.1) is 0 Å². The lowest BCUT2D eigenvalue weighted by atomic mass is 9.98. The third kappa shape index (κ3) is 5.25. The van der Waals surface area contributed by atoms with Gasteiger partial charge in [-0.25, -0.2) is 0 Å². The zero-order valence-electron chi connectivity index (χ0n) is 13.4. The number of carbonyl (C=O) groups excluding carboxylic acids is 2. The van der Waals surface area contributed by atoms with Crippen LogP contribution in [0.1, 0.15) is 31.7 Å². The number of rotatable bonds is 6. The Labute approximate surface area is 136 Å². The highest BCUT2D eigenvalue weighted by atomic mass is 16.5. The van der Waals surface area contributed by atoms with Crippen LogP contribution >= 0.6 is 0 Å². The van der Waals surface area contributed by atoms with Crippen LogP contribution in [0.3, 0.4) is 0 Å². The molecule has 1 N–H and O–H groups in total. The Morgan fingerprint density at radius 3 is 2.13 bits per heavy atom. The molecule has 0 aliphatic rings. The molecule has 120 valence electrons. The smallest absolute Gasteiger partial charge is 0.307 e. The van der Waals surface area contributed by atoms with Gasteiger partial charge in [0, 0.05) is 5.69 Å². The molecule has 23 heavy (non-hydrogen) atoms. The molecule has 4 heteroatoms. The Bertz CT molecular complexity index is 640. The van der Waals surface area contributed by atoms with Crippen molar-refractivity contribution in [1.29, 1.82) is 0 Å². The molecule has 0 spiro atoms. The molecule has 2 aromatic rings. The van der Waals surface area contributed by atoms with Crippen molar-refractivity contribution in [2.24, 2.45) is 0 Å². The lowest BCUT2D eigenvalue weighted by molar-refractivity contribution is -0.153. The second kappa shape index (κ2) is 8.13. The molecule has 2 unspecified atom stereocenters. The van der Waals surface area contributed by atoms with E-state index >= 15 is 0 Å². The maximum atomic E-state index is 12.0. The Kier molecular flexibility index (Phi) is 5.92. The van der Waals surface area contributed by atoms with Crippen LogP contribution in [-0.2, 0) is 14.3 Å². The fourth-order valence-corrected chi connectivity index (χ4v) is 2.21. The zero-order valence-corrected chi connectivity index (χ0v) is 13.4. The first-order valence-electron chi connectivity index (χ1n) is 7.66. The largest absolute Gasteiger partial charge is 0.453 e. The van der Waals surface area contributed by atoms with E-state index in [1.54, 1.807) is 19.1 Å². The van der Waals surface area contributed by atoms with Gasteiger partial charge in [0.1, 0.15) is 0 Å². The molecular formula is C19H21NO3. The number of anilines is 1. The Morgan fingerprint density at radius 2 is 1.52 bits per heavy atom. The third-order valence-electron chi connectivity index (χ3n) is 3.56. The van der Waals surface area contributed by atoms with Gasteiger partial charge < -0.3 is 10.1 Å². The van der Waals surface area contributed by atoms with E-state index in [-0.39, 0.29) is 24.2 Å². The van der Waals surface area contributed by atoms with Crippen molar-refractivity contribution < 1.29 is 14.3 Å². The number of ether oxygens (including phenoxy) is 1. The molecule has 2 rings (SSSR count). The summed E-state index contributed by atoms with van der Waals surface area (Å²) in [5.74, 6) is -0.665. The molecule has 0 radical (unpaired) electrons. The average molecular weight is 311 g/mol. The molecule has 2 aromatic carbocycles. The molecule has 0 saturated heterocycles. The normalized spacial score (nSPS) is 13.0. The number of nitrogens with one attached hydrogen (secondary N) is 1. The van der Waals surface area contributed by atoms with Gasteiger partial charge in [-0.15, -0.1) is 0 Å². The summed E-state index contributed by atoms with van der Waals surface area (Å²) in [5, 5.41) is 2.72. The van der Waals surface area contributed by atoms with E-state index < -0.39 is 6.10 Å².